The van der Waals surface area contributed by atoms with Crippen molar-refractivity contribution in [1.82, 2.24) is 0 Å². The van der Waals surface area contributed by atoms with E-state index in [4.69, 9.17) is 0 Å². The molecule has 0 aromatic heterocycles. The van der Waals surface area contributed by atoms with Gasteiger partial charge in [0.15, 0.2) is 0 Å². The van der Waals surface area contributed by atoms with Crippen molar-refractivity contribution in [3.63, 3.8) is 0 Å². The van der Waals surface area contributed by atoms with Crippen molar-refractivity contribution < 1.29 is 7.48 Å². The molecule has 0 aliphatic carbocycles. The molecule has 0 saturated carbocycles. The van der Waals surface area contributed by atoms with Crippen molar-refractivity contribution in [3.05, 3.63) is 121 Å². The Morgan fingerprint density at radius 2 is 0.567 bits per heavy atom. The Bertz CT molecular complexity index is 991. The van der Waals surface area contributed by atoms with Crippen LogP contribution in [0.1, 0.15) is 0 Å². The monoisotopic (exact) mass is 518 g/mol. The van der Waals surface area contributed by atoms with E-state index in [0.717, 1.165) is 17.4 Å². The van der Waals surface area contributed by atoms with Crippen LogP contribution in [0.2, 0.25) is 10.4 Å². The Morgan fingerprint density at radius 3 is 0.767 bits per heavy atom. The molecule has 0 unspecified atom stereocenters. The first-order valence-electron chi connectivity index (χ1n) is 10.0. The molecule has 0 saturated heterocycles. The first-order chi connectivity index (χ1) is 14.6. The molecule has 2 nitrogen and oxygen atoms in total. The molecular formula is C26H24As2O2. The van der Waals surface area contributed by atoms with Gasteiger partial charge in [0.1, 0.15) is 0 Å². The van der Waals surface area contributed by atoms with Crippen molar-refractivity contribution in [1.29, 1.82) is 0 Å². The first-order valence-corrected chi connectivity index (χ1v) is 18.0. The van der Waals surface area contributed by atoms with Crippen LogP contribution in [0.15, 0.2) is 121 Å². The number of rotatable bonds is 7. The molecule has 30 heavy (non-hydrogen) atoms. The molecule has 0 N–H and O–H groups in total. The fraction of sp³-hybridized carbons (Fsp3) is 0.0769. The van der Waals surface area contributed by atoms with E-state index >= 15 is 0 Å². The Balaban J connectivity index is 1.78. The van der Waals surface area contributed by atoms with E-state index in [9.17, 15) is 7.48 Å². The molecule has 0 fully saturated rings. The number of hydrogen-bond acceptors (Lipinski definition) is 2. The molecule has 0 aliphatic heterocycles. The molecule has 0 atom stereocenters. The van der Waals surface area contributed by atoms with Gasteiger partial charge in [-0.25, -0.2) is 0 Å². The van der Waals surface area contributed by atoms with E-state index in [1.165, 1.54) is 0 Å². The predicted octanol–water partition coefficient (Wildman–Crippen LogP) is 3.37. The van der Waals surface area contributed by atoms with Crippen molar-refractivity contribution in [2.45, 2.75) is 10.4 Å². The Labute approximate surface area is 182 Å². The summed E-state index contributed by atoms with van der Waals surface area (Å²) in [4.78, 5) is 0. The molecular weight excluding hydrogens is 494 g/mol. The van der Waals surface area contributed by atoms with Gasteiger partial charge >= 0.3 is 184 Å². The van der Waals surface area contributed by atoms with Gasteiger partial charge in [-0.05, 0) is 0 Å². The van der Waals surface area contributed by atoms with Gasteiger partial charge in [-0.2, -0.15) is 0 Å². The molecule has 0 radical (unpaired) electrons. The Hall–Kier alpha value is -2.40. The summed E-state index contributed by atoms with van der Waals surface area (Å²) in [6.07, 6.45) is 0. The molecule has 0 spiro atoms. The normalized spacial score (nSPS) is 11.9. The minimum absolute atomic E-state index is 0.437. The summed E-state index contributed by atoms with van der Waals surface area (Å²) in [5.74, 6) is 0. The summed E-state index contributed by atoms with van der Waals surface area (Å²) in [6, 6.07) is 38.9. The maximum absolute atomic E-state index is 14.5. The summed E-state index contributed by atoms with van der Waals surface area (Å²) in [5.41, 5.74) is 0. The van der Waals surface area contributed by atoms with Crippen LogP contribution in [0.5, 0.6) is 0 Å². The zero-order chi connectivity index (χ0) is 20.9. The maximum atomic E-state index is 14.5. The van der Waals surface area contributed by atoms with E-state index in [-0.39, 0.29) is 0 Å². The number of hydrogen-bond donors (Lipinski definition) is 0. The SMILES string of the molecule is O=[As](CC[As](=O)(c1ccccc1)c1ccccc1)(c1ccccc1)c1ccccc1. The van der Waals surface area contributed by atoms with Crippen molar-refractivity contribution in [3.8, 4) is 0 Å². The summed E-state index contributed by atoms with van der Waals surface area (Å²) in [7, 11) is 0. The van der Waals surface area contributed by atoms with Crippen LogP contribution in [0, 0.1) is 0 Å². The van der Waals surface area contributed by atoms with Gasteiger partial charge in [0.25, 0.3) is 0 Å². The molecule has 4 heteroatoms. The predicted molar refractivity (Wildman–Crippen MR) is 127 cm³/mol. The fourth-order valence-corrected chi connectivity index (χ4v) is 20.0. The molecule has 0 amide bonds. The summed E-state index contributed by atoms with van der Waals surface area (Å²) in [6.45, 7) is 0. The van der Waals surface area contributed by atoms with E-state index in [0.29, 0.717) is 10.4 Å². The van der Waals surface area contributed by atoms with Crippen LogP contribution >= 0.6 is 0 Å². The van der Waals surface area contributed by atoms with Crippen LogP contribution in [0.4, 0.5) is 0 Å². The summed E-state index contributed by atoms with van der Waals surface area (Å²) in [5, 5.41) is 0.874. The zero-order valence-corrected chi connectivity index (χ0v) is 20.4. The summed E-state index contributed by atoms with van der Waals surface area (Å²) >= 11 is -7.44. The third-order valence-electron chi connectivity index (χ3n) is 5.42. The topological polar surface area (TPSA) is 34.1 Å². The van der Waals surface area contributed by atoms with E-state index < -0.39 is 27.0 Å². The van der Waals surface area contributed by atoms with Gasteiger partial charge in [-0.1, -0.05) is 0 Å². The minimum atomic E-state index is -3.72. The van der Waals surface area contributed by atoms with Crippen LogP contribution < -0.4 is 17.4 Å². The fourth-order valence-electron chi connectivity index (χ4n) is 3.77. The van der Waals surface area contributed by atoms with Crippen molar-refractivity contribution in [2.75, 3.05) is 0 Å². The molecule has 4 aromatic rings. The molecule has 0 aliphatic rings. The van der Waals surface area contributed by atoms with Crippen LogP contribution in [-0.4, -0.2) is 27.0 Å². The molecule has 0 bridgehead atoms. The van der Waals surface area contributed by atoms with E-state index in [1.54, 1.807) is 0 Å². The summed E-state index contributed by atoms with van der Waals surface area (Å²) < 4.78 is 32.5. The van der Waals surface area contributed by atoms with Crippen LogP contribution in [-0.2, 0) is 7.48 Å². The second kappa shape index (κ2) is 9.17. The zero-order valence-electron chi connectivity index (χ0n) is 16.7. The third kappa shape index (κ3) is 4.22. The first kappa shape index (κ1) is 20.9. The molecule has 4 aromatic carbocycles. The van der Waals surface area contributed by atoms with Gasteiger partial charge in [0, 0.05) is 0 Å². The Kier molecular flexibility index (Phi) is 6.37. The van der Waals surface area contributed by atoms with Crippen LogP contribution in [0.25, 0.3) is 0 Å². The quantitative estimate of drug-likeness (QED) is 0.352. The third-order valence-corrected chi connectivity index (χ3v) is 20.2. The van der Waals surface area contributed by atoms with Gasteiger partial charge in [-0.15, -0.1) is 0 Å². The van der Waals surface area contributed by atoms with Crippen LogP contribution in [0.3, 0.4) is 0 Å². The molecule has 0 heterocycles. The van der Waals surface area contributed by atoms with Gasteiger partial charge < -0.3 is 0 Å². The average Bonchev–Trinajstić information content (AvgIpc) is 2.84. The van der Waals surface area contributed by atoms with Gasteiger partial charge in [0.05, 0.1) is 0 Å². The van der Waals surface area contributed by atoms with Gasteiger partial charge in [-0.3, -0.25) is 0 Å². The average molecular weight is 518 g/mol. The Morgan fingerprint density at radius 1 is 0.367 bits per heavy atom. The van der Waals surface area contributed by atoms with E-state index in [2.05, 4.69) is 0 Å². The van der Waals surface area contributed by atoms with E-state index in [1.807, 2.05) is 121 Å². The molecule has 150 valence electrons. The number of benzene rings is 4. The van der Waals surface area contributed by atoms with Crippen molar-refractivity contribution >= 4 is 44.4 Å². The molecule has 4 rings (SSSR count). The second-order valence-corrected chi connectivity index (χ2v) is 19.7. The standard InChI is InChI=1S/C26H24As2O2/c29-27(23-13-5-1-6-14-23,24-15-7-2-8-16-24)21-22-28(30,25-17-9-3-10-18-25)26-19-11-4-12-20-26/h1-20H,21-22H2. The van der Waals surface area contributed by atoms with Crippen molar-refractivity contribution in [2.24, 2.45) is 0 Å². The van der Waals surface area contributed by atoms with Gasteiger partial charge in [0.2, 0.25) is 0 Å². The second-order valence-electron chi connectivity index (χ2n) is 7.27.